The van der Waals surface area contributed by atoms with Crippen LogP contribution in [0.3, 0.4) is 0 Å². The molecule has 0 spiro atoms. The Bertz CT molecular complexity index is 384. The molecule has 1 aromatic heterocycles. The summed E-state index contributed by atoms with van der Waals surface area (Å²) >= 11 is 0. The summed E-state index contributed by atoms with van der Waals surface area (Å²) in [4.78, 5) is 4.04. The smallest absolute Gasteiger partial charge is 0.0934 e. The Labute approximate surface area is 95.2 Å². The van der Waals surface area contributed by atoms with E-state index in [4.69, 9.17) is 10.9 Å². The first kappa shape index (κ1) is 10.9. The highest BCUT2D eigenvalue weighted by molar-refractivity contribution is 6.05. The molecule has 16 heavy (non-hydrogen) atoms. The van der Waals surface area contributed by atoms with Crippen molar-refractivity contribution in [2.24, 2.45) is 11.1 Å². The molecule has 4 heteroatoms. The second-order valence-corrected chi connectivity index (χ2v) is 4.28. The van der Waals surface area contributed by atoms with Crippen molar-refractivity contribution in [3.05, 3.63) is 24.0 Å². The van der Waals surface area contributed by atoms with Gasteiger partial charge in [-0.1, -0.05) is 24.4 Å². The van der Waals surface area contributed by atoms with Crippen LogP contribution in [0, 0.1) is 5.92 Å². The molecule has 1 aliphatic carbocycles. The van der Waals surface area contributed by atoms with Gasteiger partial charge in [-0.15, -0.1) is 0 Å². The third-order valence-electron chi connectivity index (χ3n) is 3.23. The fourth-order valence-electron chi connectivity index (χ4n) is 2.35. The molecule has 0 amide bonds. The zero-order valence-corrected chi connectivity index (χ0v) is 9.26. The quantitative estimate of drug-likeness (QED) is 0.456. The normalized spacial score (nSPS) is 18.6. The van der Waals surface area contributed by atoms with Crippen LogP contribution < -0.4 is 5.73 Å². The van der Waals surface area contributed by atoms with E-state index in [0.717, 1.165) is 18.4 Å². The lowest BCUT2D eigenvalue weighted by Gasteiger charge is -2.22. The van der Waals surface area contributed by atoms with E-state index in [1.54, 1.807) is 18.5 Å². The Morgan fingerprint density at radius 1 is 1.38 bits per heavy atom. The van der Waals surface area contributed by atoms with Crippen LogP contribution in [0.5, 0.6) is 0 Å². The van der Waals surface area contributed by atoms with Gasteiger partial charge in [-0.05, 0) is 18.9 Å². The second-order valence-electron chi connectivity index (χ2n) is 4.28. The SMILES string of the molecule is Nc1ccncc1C(=NO)C1CCCCC1. The van der Waals surface area contributed by atoms with E-state index in [0.29, 0.717) is 17.3 Å². The predicted molar refractivity (Wildman–Crippen MR) is 63.5 cm³/mol. The summed E-state index contributed by atoms with van der Waals surface area (Å²) < 4.78 is 0. The third kappa shape index (κ3) is 2.15. The first-order valence-corrected chi connectivity index (χ1v) is 5.74. The lowest BCUT2D eigenvalue weighted by atomic mass is 9.83. The van der Waals surface area contributed by atoms with Gasteiger partial charge in [0.1, 0.15) is 0 Å². The summed E-state index contributed by atoms with van der Waals surface area (Å²) in [5.74, 6) is 0.324. The van der Waals surface area contributed by atoms with Crippen LogP contribution >= 0.6 is 0 Å². The Hall–Kier alpha value is -1.58. The summed E-state index contributed by atoms with van der Waals surface area (Å²) in [5.41, 5.74) is 7.98. The molecule has 0 bridgehead atoms. The molecule has 0 aliphatic heterocycles. The standard InChI is InChI=1S/C12H17N3O/c13-11-6-7-14-8-10(11)12(15-16)9-4-2-1-3-5-9/h6-9,16H,1-5H2,(H2,13,14). The fourth-order valence-corrected chi connectivity index (χ4v) is 2.35. The van der Waals surface area contributed by atoms with Crippen LogP contribution in [0.2, 0.25) is 0 Å². The van der Waals surface area contributed by atoms with Crippen LogP contribution in [0.1, 0.15) is 37.7 Å². The minimum atomic E-state index is 0.324. The largest absolute Gasteiger partial charge is 0.411 e. The molecule has 0 aromatic carbocycles. The van der Waals surface area contributed by atoms with Gasteiger partial charge in [0, 0.05) is 29.6 Å². The van der Waals surface area contributed by atoms with E-state index < -0.39 is 0 Å². The zero-order chi connectivity index (χ0) is 11.4. The van der Waals surface area contributed by atoms with Gasteiger partial charge < -0.3 is 10.9 Å². The maximum Gasteiger partial charge on any atom is 0.0934 e. The molecule has 1 saturated carbocycles. The van der Waals surface area contributed by atoms with Crippen molar-refractivity contribution in [3.8, 4) is 0 Å². The highest BCUT2D eigenvalue weighted by Gasteiger charge is 2.22. The molecular formula is C12H17N3O. The van der Waals surface area contributed by atoms with Crippen molar-refractivity contribution < 1.29 is 5.21 Å². The van der Waals surface area contributed by atoms with Crippen molar-refractivity contribution in [1.82, 2.24) is 4.98 Å². The molecule has 0 radical (unpaired) electrons. The molecule has 3 N–H and O–H groups in total. The highest BCUT2D eigenvalue weighted by atomic mass is 16.4. The van der Waals surface area contributed by atoms with Crippen molar-refractivity contribution in [2.75, 3.05) is 5.73 Å². The minimum Gasteiger partial charge on any atom is -0.411 e. The van der Waals surface area contributed by atoms with Crippen LogP contribution in [0.4, 0.5) is 5.69 Å². The van der Waals surface area contributed by atoms with Crippen LogP contribution in [-0.2, 0) is 0 Å². The Morgan fingerprint density at radius 2 is 2.12 bits per heavy atom. The molecule has 0 saturated heterocycles. The molecule has 1 aromatic rings. The number of anilines is 1. The molecular weight excluding hydrogens is 202 g/mol. The van der Waals surface area contributed by atoms with Gasteiger partial charge in [-0.3, -0.25) is 4.98 Å². The Balaban J connectivity index is 2.26. The van der Waals surface area contributed by atoms with E-state index in [9.17, 15) is 0 Å². The average Bonchev–Trinajstić information content (AvgIpc) is 2.34. The van der Waals surface area contributed by atoms with E-state index in [-0.39, 0.29) is 0 Å². The van der Waals surface area contributed by atoms with E-state index >= 15 is 0 Å². The number of nitrogens with zero attached hydrogens (tertiary/aromatic N) is 2. The zero-order valence-electron chi connectivity index (χ0n) is 9.26. The number of pyridine rings is 1. The molecule has 1 heterocycles. The van der Waals surface area contributed by atoms with Crippen molar-refractivity contribution >= 4 is 11.4 Å². The third-order valence-corrected chi connectivity index (χ3v) is 3.23. The van der Waals surface area contributed by atoms with Crippen molar-refractivity contribution in [1.29, 1.82) is 0 Å². The van der Waals surface area contributed by atoms with Gasteiger partial charge in [0.25, 0.3) is 0 Å². The van der Waals surface area contributed by atoms with Crippen molar-refractivity contribution in [2.45, 2.75) is 32.1 Å². The fraction of sp³-hybridized carbons (Fsp3) is 0.500. The van der Waals surface area contributed by atoms with Crippen LogP contribution in [-0.4, -0.2) is 15.9 Å². The Kier molecular flexibility index (Phi) is 3.39. The van der Waals surface area contributed by atoms with Gasteiger partial charge in [-0.25, -0.2) is 0 Å². The maximum absolute atomic E-state index is 9.16. The highest BCUT2D eigenvalue weighted by Crippen LogP contribution is 2.28. The van der Waals surface area contributed by atoms with Crippen LogP contribution in [0.15, 0.2) is 23.6 Å². The van der Waals surface area contributed by atoms with Gasteiger partial charge in [0.05, 0.1) is 5.71 Å². The lowest BCUT2D eigenvalue weighted by molar-refractivity contribution is 0.310. The van der Waals surface area contributed by atoms with Crippen LogP contribution in [0.25, 0.3) is 0 Å². The Morgan fingerprint density at radius 3 is 2.75 bits per heavy atom. The first-order valence-electron chi connectivity index (χ1n) is 5.74. The molecule has 86 valence electrons. The number of rotatable bonds is 2. The van der Waals surface area contributed by atoms with E-state index in [1.165, 1.54) is 19.3 Å². The first-order chi connectivity index (χ1) is 7.83. The second kappa shape index (κ2) is 4.96. The maximum atomic E-state index is 9.16. The minimum absolute atomic E-state index is 0.324. The number of oxime groups is 1. The number of nitrogen functional groups attached to an aromatic ring is 1. The summed E-state index contributed by atoms with van der Waals surface area (Å²) in [6.07, 6.45) is 9.15. The number of aromatic nitrogens is 1. The topological polar surface area (TPSA) is 71.5 Å². The van der Waals surface area contributed by atoms with Crippen molar-refractivity contribution in [3.63, 3.8) is 0 Å². The monoisotopic (exact) mass is 219 g/mol. The average molecular weight is 219 g/mol. The number of hydrogen-bond donors (Lipinski definition) is 2. The molecule has 0 atom stereocenters. The molecule has 1 fully saturated rings. The van der Waals surface area contributed by atoms with E-state index in [2.05, 4.69) is 10.1 Å². The summed E-state index contributed by atoms with van der Waals surface area (Å²) in [7, 11) is 0. The predicted octanol–water partition coefficient (Wildman–Crippen LogP) is 2.42. The molecule has 2 rings (SSSR count). The summed E-state index contributed by atoms with van der Waals surface area (Å²) in [5, 5.41) is 12.6. The molecule has 4 nitrogen and oxygen atoms in total. The number of hydrogen-bond acceptors (Lipinski definition) is 4. The summed E-state index contributed by atoms with van der Waals surface area (Å²) in [6, 6.07) is 1.74. The van der Waals surface area contributed by atoms with Gasteiger partial charge >= 0.3 is 0 Å². The van der Waals surface area contributed by atoms with Gasteiger partial charge in [0.15, 0.2) is 0 Å². The summed E-state index contributed by atoms with van der Waals surface area (Å²) in [6.45, 7) is 0. The number of nitrogens with two attached hydrogens (primary N) is 1. The molecule has 1 aliphatic rings. The van der Waals surface area contributed by atoms with E-state index in [1.807, 2.05) is 0 Å². The lowest BCUT2D eigenvalue weighted by Crippen LogP contribution is -2.20. The van der Waals surface area contributed by atoms with Gasteiger partial charge in [0.2, 0.25) is 0 Å². The molecule has 0 unspecified atom stereocenters. The van der Waals surface area contributed by atoms with Gasteiger partial charge in [-0.2, -0.15) is 0 Å².